The Labute approximate surface area is 132 Å². The number of hydrogen-bond donors (Lipinski definition) is 2. The second kappa shape index (κ2) is 8.15. The molecule has 0 heterocycles. The number of ether oxygens (including phenoxy) is 1. The highest BCUT2D eigenvalue weighted by Gasteiger charge is 2.35. The normalized spacial score (nSPS) is 25.3. The highest BCUT2D eigenvalue weighted by Crippen LogP contribution is 2.26. The molecule has 0 spiro atoms. The number of hydrogen-bond acceptors (Lipinski definition) is 4. The van der Waals surface area contributed by atoms with E-state index in [4.69, 9.17) is 10.5 Å². The first kappa shape index (κ1) is 16.8. The van der Waals surface area contributed by atoms with Crippen LogP contribution in [-0.4, -0.2) is 47.8 Å². The maximum atomic E-state index is 12.1. The summed E-state index contributed by atoms with van der Waals surface area (Å²) in [6.45, 7) is 0.329. The molecule has 122 valence electrons. The van der Waals surface area contributed by atoms with Crippen molar-refractivity contribution in [2.24, 2.45) is 5.73 Å². The van der Waals surface area contributed by atoms with Crippen LogP contribution in [0.5, 0.6) is 5.75 Å². The summed E-state index contributed by atoms with van der Waals surface area (Å²) in [6.07, 6.45) is 2.90. The Balaban J connectivity index is 2.06. The van der Waals surface area contributed by atoms with E-state index in [0.29, 0.717) is 13.0 Å². The zero-order chi connectivity index (χ0) is 15.9. The number of nitrogens with two attached hydrogens (primary N) is 1. The van der Waals surface area contributed by atoms with Gasteiger partial charge in [-0.25, -0.2) is 0 Å². The highest BCUT2D eigenvalue weighted by atomic mass is 16.5. The SMILES string of the molecule is CN(C(=O)CCN)[C@@H]1CCCC[C@@H](Oc2ccccc2)[C@@H]1O. The lowest BCUT2D eigenvalue weighted by Crippen LogP contribution is -2.50. The monoisotopic (exact) mass is 306 g/mol. The van der Waals surface area contributed by atoms with Gasteiger partial charge in [0.25, 0.3) is 0 Å². The summed E-state index contributed by atoms with van der Waals surface area (Å²) >= 11 is 0. The van der Waals surface area contributed by atoms with Crippen LogP contribution in [-0.2, 0) is 4.79 Å². The van der Waals surface area contributed by atoms with Crippen molar-refractivity contribution in [3.05, 3.63) is 30.3 Å². The number of benzene rings is 1. The molecule has 1 fully saturated rings. The molecule has 3 atom stereocenters. The molecule has 0 aromatic heterocycles. The fourth-order valence-electron chi connectivity index (χ4n) is 3.00. The lowest BCUT2D eigenvalue weighted by atomic mass is 10.0. The minimum atomic E-state index is -0.686. The molecule has 3 N–H and O–H groups in total. The first-order chi connectivity index (χ1) is 10.6. The molecule has 5 nitrogen and oxygen atoms in total. The number of nitrogens with zero attached hydrogens (tertiary/aromatic N) is 1. The standard InChI is InChI=1S/C17H26N2O3/c1-19(16(20)11-12-18)14-9-5-6-10-15(17(14)21)22-13-7-3-2-4-8-13/h2-4,7-8,14-15,17,21H,5-6,9-12,18H2,1H3/t14-,15-,17-/m1/s1. The van der Waals surface area contributed by atoms with Gasteiger partial charge in [-0.3, -0.25) is 4.79 Å². The first-order valence-electron chi connectivity index (χ1n) is 7.99. The van der Waals surface area contributed by atoms with Crippen molar-refractivity contribution >= 4 is 5.91 Å². The second-order valence-electron chi connectivity index (χ2n) is 5.86. The summed E-state index contributed by atoms with van der Waals surface area (Å²) in [7, 11) is 1.75. The zero-order valence-corrected chi connectivity index (χ0v) is 13.1. The van der Waals surface area contributed by atoms with E-state index in [0.717, 1.165) is 31.4 Å². The van der Waals surface area contributed by atoms with E-state index in [9.17, 15) is 9.90 Å². The molecule has 1 saturated carbocycles. The van der Waals surface area contributed by atoms with Crippen LogP contribution in [0.25, 0.3) is 0 Å². The number of para-hydroxylation sites is 1. The highest BCUT2D eigenvalue weighted by molar-refractivity contribution is 5.76. The molecule has 1 amide bonds. The molecular formula is C17H26N2O3. The summed E-state index contributed by atoms with van der Waals surface area (Å²) < 4.78 is 5.96. The average Bonchev–Trinajstić information content (AvgIpc) is 2.70. The van der Waals surface area contributed by atoms with E-state index in [2.05, 4.69) is 0 Å². The van der Waals surface area contributed by atoms with Gasteiger partial charge in [0.2, 0.25) is 5.91 Å². The molecule has 5 heteroatoms. The Morgan fingerprint density at radius 1 is 1.32 bits per heavy atom. The number of amides is 1. The van der Waals surface area contributed by atoms with E-state index < -0.39 is 6.10 Å². The van der Waals surface area contributed by atoms with Crippen LogP contribution >= 0.6 is 0 Å². The summed E-state index contributed by atoms with van der Waals surface area (Å²) in [6, 6.07) is 9.30. The van der Waals surface area contributed by atoms with Crippen LogP contribution in [0.3, 0.4) is 0 Å². The van der Waals surface area contributed by atoms with Gasteiger partial charge >= 0.3 is 0 Å². The van der Waals surface area contributed by atoms with Crippen molar-refractivity contribution in [1.29, 1.82) is 0 Å². The van der Waals surface area contributed by atoms with Crippen molar-refractivity contribution in [3.8, 4) is 5.75 Å². The van der Waals surface area contributed by atoms with Crippen LogP contribution in [0.15, 0.2) is 30.3 Å². The van der Waals surface area contributed by atoms with Gasteiger partial charge in [0, 0.05) is 20.0 Å². The van der Waals surface area contributed by atoms with Crippen LogP contribution in [0.4, 0.5) is 0 Å². The predicted molar refractivity (Wildman–Crippen MR) is 85.6 cm³/mol. The van der Waals surface area contributed by atoms with Crippen molar-refractivity contribution < 1.29 is 14.6 Å². The molecule has 1 aromatic rings. The Morgan fingerprint density at radius 3 is 2.68 bits per heavy atom. The summed E-state index contributed by atoms with van der Waals surface area (Å²) in [5.74, 6) is 0.732. The van der Waals surface area contributed by atoms with Crippen molar-refractivity contribution in [2.45, 2.75) is 50.4 Å². The third kappa shape index (κ3) is 4.21. The van der Waals surface area contributed by atoms with Gasteiger partial charge in [0.05, 0.1) is 6.04 Å². The Hall–Kier alpha value is -1.59. The molecule has 0 radical (unpaired) electrons. The van der Waals surface area contributed by atoms with Crippen LogP contribution < -0.4 is 10.5 Å². The quantitative estimate of drug-likeness (QED) is 0.809. The fourth-order valence-corrected chi connectivity index (χ4v) is 3.00. The second-order valence-corrected chi connectivity index (χ2v) is 5.86. The van der Waals surface area contributed by atoms with Crippen molar-refractivity contribution in [1.82, 2.24) is 4.90 Å². The van der Waals surface area contributed by atoms with Gasteiger partial charge in [0.15, 0.2) is 0 Å². The minimum Gasteiger partial charge on any atom is -0.488 e. The molecule has 1 aliphatic carbocycles. The number of carbonyl (C=O) groups is 1. The number of carbonyl (C=O) groups excluding carboxylic acids is 1. The molecular weight excluding hydrogens is 280 g/mol. The van der Waals surface area contributed by atoms with E-state index >= 15 is 0 Å². The zero-order valence-electron chi connectivity index (χ0n) is 13.1. The molecule has 0 aliphatic heterocycles. The third-order valence-electron chi connectivity index (χ3n) is 4.29. The number of aliphatic hydroxyl groups excluding tert-OH is 1. The molecule has 1 aromatic carbocycles. The fraction of sp³-hybridized carbons (Fsp3) is 0.588. The molecule has 0 unspecified atom stereocenters. The molecule has 1 aliphatic rings. The average molecular weight is 306 g/mol. The predicted octanol–water partition coefficient (Wildman–Crippen LogP) is 1.54. The maximum absolute atomic E-state index is 12.1. The molecule has 0 saturated heterocycles. The molecule has 0 bridgehead atoms. The first-order valence-corrected chi connectivity index (χ1v) is 7.99. The van der Waals surface area contributed by atoms with Crippen LogP contribution in [0, 0.1) is 0 Å². The van der Waals surface area contributed by atoms with Gasteiger partial charge in [-0.1, -0.05) is 24.6 Å². The Bertz CT molecular complexity index is 466. The maximum Gasteiger partial charge on any atom is 0.223 e. The third-order valence-corrected chi connectivity index (χ3v) is 4.29. The van der Waals surface area contributed by atoms with Crippen molar-refractivity contribution in [2.75, 3.05) is 13.6 Å². The van der Waals surface area contributed by atoms with E-state index in [-0.39, 0.29) is 18.1 Å². The summed E-state index contributed by atoms with van der Waals surface area (Å²) in [5, 5.41) is 10.7. The molecule has 22 heavy (non-hydrogen) atoms. The van der Waals surface area contributed by atoms with Gasteiger partial charge in [-0.15, -0.1) is 0 Å². The number of rotatable bonds is 5. The van der Waals surface area contributed by atoms with Crippen LogP contribution in [0.2, 0.25) is 0 Å². The molecule has 2 rings (SSSR count). The van der Waals surface area contributed by atoms with Gasteiger partial charge in [0.1, 0.15) is 18.0 Å². The smallest absolute Gasteiger partial charge is 0.223 e. The van der Waals surface area contributed by atoms with E-state index in [1.807, 2.05) is 30.3 Å². The van der Waals surface area contributed by atoms with Gasteiger partial charge in [-0.05, 0) is 31.4 Å². The number of likely N-dealkylation sites (N-methyl/N-ethyl adjacent to an activating group) is 1. The largest absolute Gasteiger partial charge is 0.488 e. The summed E-state index contributed by atoms with van der Waals surface area (Å²) in [4.78, 5) is 13.7. The van der Waals surface area contributed by atoms with E-state index in [1.54, 1.807) is 11.9 Å². The van der Waals surface area contributed by atoms with Gasteiger partial charge < -0.3 is 20.5 Å². The van der Waals surface area contributed by atoms with E-state index in [1.165, 1.54) is 0 Å². The Morgan fingerprint density at radius 2 is 2.00 bits per heavy atom. The Kier molecular flexibility index (Phi) is 6.21. The lowest BCUT2D eigenvalue weighted by molar-refractivity contribution is -0.135. The van der Waals surface area contributed by atoms with Gasteiger partial charge in [-0.2, -0.15) is 0 Å². The lowest BCUT2D eigenvalue weighted by Gasteiger charge is -2.34. The van der Waals surface area contributed by atoms with Crippen LogP contribution in [0.1, 0.15) is 32.1 Å². The summed E-state index contributed by atoms with van der Waals surface area (Å²) in [5.41, 5.74) is 5.46. The topological polar surface area (TPSA) is 75.8 Å². The van der Waals surface area contributed by atoms with Crippen molar-refractivity contribution in [3.63, 3.8) is 0 Å². The minimum absolute atomic E-state index is 0.0214. The number of aliphatic hydroxyl groups is 1.